The molecule has 1 aromatic carbocycles. The Hall–Kier alpha value is -2.11. The molecule has 0 saturated carbocycles. The van der Waals surface area contributed by atoms with E-state index in [4.69, 9.17) is 9.47 Å². The van der Waals surface area contributed by atoms with Crippen LogP contribution in [0.3, 0.4) is 0 Å². The van der Waals surface area contributed by atoms with Crippen molar-refractivity contribution in [2.24, 2.45) is 0 Å². The van der Waals surface area contributed by atoms with Gasteiger partial charge in [0.15, 0.2) is 0 Å². The summed E-state index contributed by atoms with van der Waals surface area (Å²) in [6.07, 6.45) is 1.10. The summed E-state index contributed by atoms with van der Waals surface area (Å²) < 4.78 is 10.4. The maximum atomic E-state index is 10.4. The Balaban J connectivity index is 2.01. The number of benzene rings is 1. The van der Waals surface area contributed by atoms with E-state index in [0.717, 1.165) is 11.3 Å². The monoisotopic (exact) mass is 302 g/mol. The normalized spacial score (nSPS) is 13.5. The first-order valence-corrected chi connectivity index (χ1v) is 7.19. The fourth-order valence-corrected chi connectivity index (χ4v) is 2.16. The molecule has 1 heterocycles. The van der Waals surface area contributed by atoms with Crippen LogP contribution in [0.25, 0.3) is 0 Å². The summed E-state index contributed by atoms with van der Waals surface area (Å²) in [5, 5.41) is 13.6. The van der Waals surface area contributed by atoms with E-state index in [1.165, 1.54) is 0 Å². The fraction of sp³-hybridized carbons (Fsp3) is 0.353. The topological polar surface area (TPSA) is 63.6 Å². The van der Waals surface area contributed by atoms with Crippen LogP contribution < -0.4 is 14.8 Å². The molecule has 0 radical (unpaired) electrons. The molecule has 0 aliphatic heterocycles. The molecule has 0 bridgehead atoms. The minimum Gasteiger partial charge on any atom is -0.497 e. The highest BCUT2D eigenvalue weighted by molar-refractivity contribution is 5.39. The number of aliphatic hydroxyl groups is 1. The summed E-state index contributed by atoms with van der Waals surface area (Å²) >= 11 is 0. The van der Waals surface area contributed by atoms with Gasteiger partial charge in [0.05, 0.1) is 26.0 Å². The van der Waals surface area contributed by atoms with Crippen LogP contribution in [0.4, 0.5) is 0 Å². The standard InChI is InChI=1S/C17H22N2O3/c1-12(16-6-4-5-7-18-16)19-11-17(20)13-8-14(21-2)10-15(9-13)22-3/h4-10,12,17,19-20H,11H2,1-3H3. The van der Waals surface area contributed by atoms with Crippen molar-refractivity contribution in [1.82, 2.24) is 10.3 Å². The van der Waals surface area contributed by atoms with Gasteiger partial charge < -0.3 is 19.9 Å². The third-order valence-corrected chi connectivity index (χ3v) is 3.51. The van der Waals surface area contributed by atoms with Crippen molar-refractivity contribution in [2.45, 2.75) is 19.1 Å². The summed E-state index contributed by atoms with van der Waals surface area (Å²) in [5.74, 6) is 1.32. The van der Waals surface area contributed by atoms with Gasteiger partial charge in [-0.1, -0.05) is 6.07 Å². The largest absolute Gasteiger partial charge is 0.497 e. The van der Waals surface area contributed by atoms with Gasteiger partial charge in [0, 0.05) is 24.8 Å². The van der Waals surface area contributed by atoms with Gasteiger partial charge in [-0.25, -0.2) is 0 Å². The van der Waals surface area contributed by atoms with Gasteiger partial charge in [0.25, 0.3) is 0 Å². The van der Waals surface area contributed by atoms with E-state index in [1.807, 2.05) is 25.1 Å². The zero-order chi connectivity index (χ0) is 15.9. The second kappa shape index (κ2) is 7.77. The predicted octanol–water partition coefficient (Wildman–Crippen LogP) is 2.48. The van der Waals surface area contributed by atoms with Gasteiger partial charge >= 0.3 is 0 Å². The second-order valence-corrected chi connectivity index (χ2v) is 5.05. The van der Waals surface area contributed by atoms with Gasteiger partial charge in [-0.2, -0.15) is 0 Å². The number of aliphatic hydroxyl groups excluding tert-OH is 1. The summed E-state index contributed by atoms with van der Waals surface area (Å²) in [4.78, 5) is 4.30. The SMILES string of the molecule is COc1cc(OC)cc(C(O)CNC(C)c2ccccn2)c1. The predicted molar refractivity (Wildman–Crippen MR) is 85.2 cm³/mol. The lowest BCUT2D eigenvalue weighted by Crippen LogP contribution is -2.25. The van der Waals surface area contributed by atoms with E-state index in [1.54, 1.807) is 38.6 Å². The van der Waals surface area contributed by atoms with E-state index in [9.17, 15) is 5.11 Å². The van der Waals surface area contributed by atoms with Crippen molar-refractivity contribution in [3.05, 3.63) is 53.9 Å². The van der Waals surface area contributed by atoms with Crippen molar-refractivity contribution >= 4 is 0 Å². The minimum atomic E-state index is -0.657. The Morgan fingerprint density at radius 3 is 2.36 bits per heavy atom. The van der Waals surface area contributed by atoms with E-state index in [0.29, 0.717) is 18.0 Å². The average Bonchev–Trinajstić information content (AvgIpc) is 2.59. The molecule has 2 rings (SSSR count). The van der Waals surface area contributed by atoms with Crippen LogP contribution in [0, 0.1) is 0 Å². The molecule has 2 atom stereocenters. The van der Waals surface area contributed by atoms with Gasteiger partial charge in [-0.3, -0.25) is 4.98 Å². The van der Waals surface area contributed by atoms with Gasteiger partial charge in [0.1, 0.15) is 11.5 Å². The molecule has 0 spiro atoms. The number of nitrogens with one attached hydrogen (secondary N) is 1. The van der Waals surface area contributed by atoms with Gasteiger partial charge in [-0.15, -0.1) is 0 Å². The number of hydrogen-bond acceptors (Lipinski definition) is 5. The lowest BCUT2D eigenvalue weighted by Gasteiger charge is -2.18. The highest BCUT2D eigenvalue weighted by Crippen LogP contribution is 2.26. The molecule has 22 heavy (non-hydrogen) atoms. The van der Waals surface area contributed by atoms with Crippen molar-refractivity contribution in [1.29, 1.82) is 0 Å². The lowest BCUT2D eigenvalue weighted by molar-refractivity contribution is 0.169. The Kier molecular flexibility index (Phi) is 5.75. The van der Waals surface area contributed by atoms with E-state index < -0.39 is 6.10 Å². The summed E-state index contributed by atoms with van der Waals surface area (Å²) in [7, 11) is 3.18. The van der Waals surface area contributed by atoms with Crippen LogP contribution in [0.1, 0.15) is 30.3 Å². The zero-order valence-corrected chi connectivity index (χ0v) is 13.1. The maximum absolute atomic E-state index is 10.4. The second-order valence-electron chi connectivity index (χ2n) is 5.05. The molecule has 5 nitrogen and oxygen atoms in total. The van der Waals surface area contributed by atoms with Crippen LogP contribution in [0.2, 0.25) is 0 Å². The average molecular weight is 302 g/mol. The molecule has 0 saturated heterocycles. The number of rotatable bonds is 7. The van der Waals surface area contributed by atoms with Crippen LogP contribution in [0.5, 0.6) is 11.5 Å². The van der Waals surface area contributed by atoms with Crippen molar-refractivity contribution in [2.75, 3.05) is 20.8 Å². The van der Waals surface area contributed by atoms with E-state index in [2.05, 4.69) is 10.3 Å². The Bertz CT molecular complexity index is 567. The first kappa shape index (κ1) is 16.3. The summed E-state index contributed by atoms with van der Waals surface area (Å²) in [5.41, 5.74) is 1.69. The van der Waals surface area contributed by atoms with E-state index >= 15 is 0 Å². The molecule has 0 amide bonds. The lowest BCUT2D eigenvalue weighted by atomic mass is 10.1. The third-order valence-electron chi connectivity index (χ3n) is 3.51. The molecule has 1 aromatic heterocycles. The molecule has 0 fully saturated rings. The quantitative estimate of drug-likeness (QED) is 0.822. The number of pyridine rings is 1. The van der Waals surface area contributed by atoms with E-state index in [-0.39, 0.29) is 6.04 Å². The molecular weight excluding hydrogens is 280 g/mol. The smallest absolute Gasteiger partial charge is 0.122 e. The third kappa shape index (κ3) is 4.19. The first-order chi connectivity index (χ1) is 10.6. The Morgan fingerprint density at radius 1 is 1.14 bits per heavy atom. The molecule has 2 N–H and O–H groups in total. The van der Waals surface area contributed by atoms with Crippen LogP contribution in [-0.2, 0) is 0 Å². The summed E-state index contributed by atoms with van der Waals surface area (Å²) in [6.45, 7) is 2.43. The minimum absolute atomic E-state index is 0.0587. The molecule has 0 aliphatic rings. The van der Waals surface area contributed by atoms with Crippen LogP contribution >= 0.6 is 0 Å². The molecular formula is C17H22N2O3. The molecule has 2 aromatic rings. The van der Waals surface area contributed by atoms with Gasteiger partial charge in [-0.05, 0) is 36.8 Å². The first-order valence-electron chi connectivity index (χ1n) is 7.19. The van der Waals surface area contributed by atoms with Crippen LogP contribution in [0.15, 0.2) is 42.6 Å². The molecule has 5 heteroatoms. The summed E-state index contributed by atoms with van der Waals surface area (Å²) in [6, 6.07) is 11.2. The van der Waals surface area contributed by atoms with Gasteiger partial charge in [0.2, 0.25) is 0 Å². The van der Waals surface area contributed by atoms with Crippen molar-refractivity contribution in [3.63, 3.8) is 0 Å². The highest BCUT2D eigenvalue weighted by Gasteiger charge is 2.13. The molecule has 118 valence electrons. The molecule has 2 unspecified atom stereocenters. The number of methoxy groups -OCH3 is 2. The fourth-order valence-electron chi connectivity index (χ4n) is 2.16. The van der Waals surface area contributed by atoms with Crippen molar-refractivity contribution < 1.29 is 14.6 Å². The van der Waals surface area contributed by atoms with Crippen LogP contribution in [-0.4, -0.2) is 30.9 Å². The molecule has 0 aliphatic carbocycles. The Morgan fingerprint density at radius 2 is 1.82 bits per heavy atom. The number of aromatic nitrogens is 1. The highest BCUT2D eigenvalue weighted by atomic mass is 16.5. The maximum Gasteiger partial charge on any atom is 0.122 e. The number of nitrogens with zero attached hydrogens (tertiary/aromatic N) is 1. The Labute approximate surface area is 130 Å². The number of ether oxygens (including phenoxy) is 2. The van der Waals surface area contributed by atoms with Crippen molar-refractivity contribution in [3.8, 4) is 11.5 Å². The zero-order valence-electron chi connectivity index (χ0n) is 13.1. The number of hydrogen-bond donors (Lipinski definition) is 2.